The van der Waals surface area contributed by atoms with Gasteiger partial charge >= 0.3 is 0 Å². The van der Waals surface area contributed by atoms with Gasteiger partial charge in [0.15, 0.2) is 0 Å². The number of aliphatic hydroxyl groups excluding tert-OH is 1. The van der Waals surface area contributed by atoms with Crippen LogP contribution < -0.4 is 4.74 Å². The Morgan fingerprint density at radius 3 is 2.84 bits per heavy atom. The molecule has 0 unspecified atom stereocenters. The van der Waals surface area contributed by atoms with Gasteiger partial charge in [0.2, 0.25) is 0 Å². The third kappa shape index (κ3) is 5.29. The van der Waals surface area contributed by atoms with Gasteiger partial charge in [0, 0.05) is 12.0 Å². The number of piperidine rings is 1. The van der Waals surface area contributed by atoms with Crippen LogP contribution in [0.4, 0.5) is 4.39 Å². The molecule has 0 spiro atoms. The average molecular weight is 453 g/mol. The second kappa shape index (κ2) is 10.4. The van der Waals surface area contributed by atoms with E-state index in [1.807, 2.05) is 35.7 Å². The zero-order chi connectivity index (χ0) is 22.4. The first-order valence-electron chi connectivity index (χ1n) is 11.1. The van der Waals surface area contributed by atoms with E-state index in [0.29, 0.717) is 17.7 Å². The third-order valence-corrected chi connectivity index (χ3v) is 7.34. The molecule has 6 heteroatoms. The maximum absolute atomic E-state index is 14.6. The number of thiophene rings is 1. The number of methoxy groups -OCH3 is 1. The van der Waals surface area contributed by atoms with Crippen LogP contribution in [0.3, 0.4) is 0 Å². The highest BCUT2D eigenvalue weighted by Gasteiger charge is 2.33. The molecule has 0 radical (unpaired) electrons. The van der Waals surface area contributed by atoms with Crippen LogP contribution in [-0.4, -0.2) is 48.3 Å². The van der Waals surface area contributed by atoms with Crippen molar-refractivity contribution < 1.29 is 14.2 Å². The molecule has 2 aromatic heterocycles. The minimum absolute atomic E-state index is 0.0886. The summed E-state index contributed by atoms with van der Waals surface area (Å²) in [7, 11) is 1.61. The molecule has 168 valence electrons. The van der Waals surface area contributed by atoms with Crippen LogP contribution in [0.5, 0.6) is 5.75 Å². The van der Waals surface area contributed by atoms with E-state index in [1.165, 1.54) is 6.20 Å². The van der Waals surface area contributed by atoms with Crippen molar-refractivity contribution in [1.82, 2.24) is 9.88 Å². The Morgan fingerprint density at radius 2 is 2.12 bits per heavy atom. The summed E-state index contributed by atoms with van der Waals surface area (Å²) >= 11 is 1.66. The molecular weight excluding hydrogens is 423 g/mol. The van der Waals surface area contributed by atoms with Crippen molar-refractivity contribution in [3.05, 3.63) is 58.2 Å². The van der Waals surface area contributed by atoms with E-state index in [9.17, 15) is 9.50 Å². The predicted octanol–water partition coefficient (Wildman–Crippen LogP) is 4.89. The second-order valence-electron chi connectivity index (χ2n) is 8.53. The van der Waals surface area contributed by atoms with Gasteiger partial charge in [0.05, 0.1) is 30.2 Å². The Labute approximate surface area is 193 Å². The van der Waals surface area contributed by atoms with Crippen molar-refractivity contribution in [3.63, 3.8) is 0 Å². The minimum Gasteiger partial charge on any atom is -0.497 e. The fourth-order valence-electron chi connectivity index (χ4n) is 4.48. The van der Waals surface area contributed by atoms with Crippen LogP contribution in [-0.2, 0) is 6.42 Å². The highest BCUT2D eigenvalue weighted by molar-refractivity contribution is 7.10. The van der Waals surface area contributed by atoms with Crippen LogP contribution in [0, 0.1) is 23.1 Å². The van der Waals surface area contributed by atoms with Gasteiger partial charge in [-0.15, -0.1) is 11.3 Å². The summed E-state index contributed by atoms with van der Waals surface area (Å²) in [6.45, 7) is 2.80. The fourth-order valence-corrected chi connectivity index (χ4v) is 5.08. The topological polar surface area (TPSA) is 45.6 Å². The van der Waals surface area contributed by atoms with Crippen molar-refractivity contribution in [1.29, 1.82) is 0 Å². The van der Waals surface area contributed by atoms with Gasteiger partial charge in [0.25, 0.3) is 0 Å². The predicted molar refractivity (Wildman–Crippen MR) is 128 cm³/mol. The molecule has 1 aromatic carbocycles. The molecule has 1 saturated heterocycles. The molecule has 32 heavy (non-hydrogen) atoms. The molecule has 0 saturated carbocycles. The molecule has 0 atom stereocenters. The number of pyridine rings is 1. The first-order valence-corrected chi connectivity index (χ1v) is 12.0. The molecule has 0 aliphatic carbocycles. The third-order valence-electron chi connectivity index (χ3n) is 6.56. The number of aryl methyl sites for hydroxylation is 1. The van der Waals surface area contributed by atoms with Crippen LogP contribution in [0.1, 0.15) is 36.1 Å². The van der Waals surface area contributed by atoms with E-state index in [4.69, 9.17) is 4.74 Å². The largest absolute Gasteiger partial charge is 0.497 e. The lowest BCUT2D eigenvalue weighted by Gasteiger charge is -2.40. The highest BCUT2D eigenvalue weighted by Crippen LogP contribution is 2.36. The number of benzene rings is 1. The molecule has 0 amide bonds. The van der Waals surface area contributed by atoms with Crippen LogP contribution in [0.25, 0.3) is 10.9 Å². The van der Waals surface area contributed by atoms with Gasteiger partial charge < -0.3 is 9.84 Å². The zero-order valence-corrected chi connectivity index (χ0v) is 19.3. The molecule has 3 aromatic rings. The molecule has 1 N–H and O–H groups in total. The monoisotopic (exact) mass is 452 g/mol. The smallest absolute Gasteiger partial charge is 0.145 e. The van der Waals surface area contributed by atoms with E-state index in [0.717, 1.165) is 61.1 Å². The van der Waals surface area contributed by atoms with Crippen molar-refractivity contribution in [2.45, 2.75) is 32.1 Å². The van der Waals surface area contributed by atoms with Gasteiger partial charge in [-0.25, -0.2) is 4.39 Å². The van der Waals surface area contributed by atoms with Crippen molar-refractivity contribution in [3.8, 4) is 17.6 Å². The molecule has 0 bridgehead atoms. The summed E-state index contributed by atoms with van der Waals surface area (Å²) < 4.78 is 19.9. The Kier molecular flexibility index (Phi) is 7.41. The summed E-state index contributed by atoms with van der Waals surface area (Å²) in [5.74, 6) is 6.91. The summed E-state index contributed by atoms with van der Waals surface area (Å²) in [5.41, 5.74) is 1.37. The van der Waals surface area contributed by atoms with Crippen molar-refractivity contribution in [2.24, 2.45) is 5.41 Å². The summed E-state index contributed by atoms with van der Waals surface area (Å²) in [6, 6.07) is 9.62. The molecule has 1 aliphatic rings. The lowest BCUT2D eigenvalue weighted by Crippen LogP contribution is -2.42. The Morgan fingerprint density at radius 1 is 1.28 bits per heavy atom. The Balaban J connectivity index is 1.35. The molecule has 4 rings (SSSR count). The number of aromatic nitrogens is 1. The lowest BCUT2D eigenvalue weighted by molar-refractivity contribution is 0.0401. The van der Waals surface area contributed by atoms with Gasteiger partial charge in [-0.2, -0.15) is 0 Å². The number of nitrogens with zero attached hydrogens (tertiary/aromatic N) is 2. The Hall–Kier alpha value is -2.46. The average Bonchev–Trinajstić information content (AvgIpc) is 3.35. The minimum atomic E-state index is -0.275. The number of rotatable bonds is 7. The van der Waals surface area contributed by atoms with Crippen molar-refractivity contribution >= 4 is 22.2 Å². The Bertz CT molecular complexity index is 1100. The van der Waals surface area contributed by atoms with Gasteiger partial charge in [-0.3, -0.25) is 9.88 Å². The van der Waals surface area contributed by atoms with E-state index in [-0.39, 0.29) is 17.8 Å². The van der Waals surface area contributed by atoms with Crippen molar-refractivity contribution in [2.75, 3.05) is 33.4 Å². The quantitative estimate of drug-likeness (QED) is 0.519. The molecule has 3 heterocycles. The SMILES string of the molecule is COc1ccc2ncc(F)c(CCCC3(CO)CCN(CC#Cc4cccs4)CC3)c2c1. The number of fused-ring (bicyclic) bond motifs is 1. The number of aliphatic hydroxyl groups is 1. The van der Waals surface area contributed by atoms with Gasteiger partial charge in [-0.1, -0.05) is 17.9 Å². The number of hydrogen-bond acceptors (Lipinski definition) is 5. The maximum atomic E-state index is 14.6. The molecule has 1 aliphatic heterocycles. The van der Waals surface area contributed by atoms with E-state index in [2.05, 4.69) is 21.7 Å². The first kappa shape index (κ1) is 22.7. The van der Waals surface area contributed by atoms with Crippen LogP contribution in [0.2, 0.25) is 0 Å². The van der Waals surface area contributed by atoms with E-state index < -0.39 is 0 Å². The molecular formula is C26H29FN2O2S. The number of hydrogen-bond donors (Lipinski definition) is 1. The number of halogens is 1. The second-order valence-corrected chi connectivity index (χ2v) is 9.48. The highest BCUT2D eigenvalue weighted by atomic mass is 32.1. The summed E-state index contributed by atoms with van der Waals surface area (Å²) in [5, 5.41) is 13.0. The lowest BCUT2D eigenvalue weighted by atomic mass is 9.75. The summed E-state index contributed by atoms with van der Waals surface area (Å²) in [6.07, 6.45) is 5.52. The first-order chi connectivity index (χ1) is 15.6. The van der Waals surface area contributed by atoms with Crippen LogP contribution in [0.15, 0.2) is 41.9 Å². The number of likely N-dealkylation sites (tertiary alicyclic amines) is 1. The van der Waals surface area contributed by atoms with Crippen LogP contribution >= 0.6 is 11.3 Å². The number of ether oxygens (including phenoxy) is 1. The normalized spacial score (nSPS) is 16.0. The van der Waals surface area contributed by atoms with E-state index >= 15 is 0 Å². The standard InChI is InChI=1S/C26H29FN2O2S/c1-31-20-8-9-25-23(17-20)22(24(27)18-28-25)7-2-10-26(19-30)11-14-29(15-12-26)13-3-5-21-6-4-16-32-21/h4,6,8-9,16-18,30H,2,7,10-15,19H2,1H3. The maximum Gasteiger partial charge on any atom is 0.145 e. The zero-order valence-electron chi connectivity index (χ0n) is 18.4. The van der Waals surface area contributed by atoms with Gasteiger partial charge in [0.1, 0.15) is 11.6 Å². The van der Waals surface area contributed by atoms with E-state index in [1.54, 1.807) is 18.4 Å². The fraction of sp³-hybridized carbons (Fsp3) is 0.423. The molecule has 4 nitrogen and oxygen atoms in total. The van der Waals surface area contributed by atoms with Gasteiger partial charge in [-0.05, 0) is 85.8 Å². The molecule has 1 fully saturated rings. The summed E-state index contributed by atoms with van der Waals surface area (Å²) in [4.78, 5) is 7.66.